The summed E-state index contributed by atoms with van der Waals surface area (Å²) in [7, 11) is 0.237. The van der Waals surface area contributed by atoms with Crippen LogP contribution >= 0.6 is 0 Å². The van der Waals surface area contributed by atoms with E-state index in [2.05, 4.69) is 5.32 Å². The van der Waals surface area contributed by atoms with Crippen molar-refractivity contribution in [2.75, 3.05) is 7.11 Å². The van der Waals surface area contributed by atoms with Gasteiger partial charge in [0.1, 0.15) is 6.10 Å². The van der Waals surface area contributed by atoms with Gasteiger partial charge in [-0.25, -0.2) is 0 Å². The largest absolute Gasteiger partial charge is 0.477 e. The zero-order chi connectivity index (χ0) is 17.4. The van der Waals surface area contributed by atoms with Crippen LogP contribution < -0.4 is 11.1 Å². The van der Waals surface area contributed by atoms with Gasteiger partial charge in [-0.1, -0.05) is 44.2 Å². The average molecular weight is 322 g/mol. The van der Waals surface area contributed by atoms with Crippen molar-refractivity contribution in [2.24, 2.45) is 11.7 Å². The molecule has 0 heterocycles. The second-order valence-electron chi connectivity index (χ2n) is 6.17. The summed E-state index contributed by atoms with van der Waals surface area (Å²) in [6.45, 7) is 3.94. The summed E-state index contributed by atoms with van der Waals surface area (Å²) in [5.74, 6) is -0.943. The Morgan fingerprint density at radius 1 is 1.35 bits per heavy atom. The van der Waals surface area contributed by atoms with Crippen LogP contribution in [-0.2, 0) is 15.9 Å². The molecule has 0 unspecified atom stereocenters. The van der Waals surface area contributed by atoms with E-state index in [-0.39, 0.29) is 5.92 Å². The zero-order valence-electron chi connectivity index (χ0n) is 14.0. The first kappa shape index (κ1) is 19.6. The van der Waals surface area contributed by atoms with Crippen molar-refractivity contribution in [2.45, 2.75) is 44.8 Å². The van der Waals surface area contributed by atoms with Gasteiger partial charge in [0.2, 0.25) is 5.91 Å². The highest BCUT2D eigenvalue weighted by Gasteiger charge is 2.31. The summed E-state index contributed by atoms with van der Waals surface area (Å²) in [5, 5.41) is 22.6. The minimum absolute atomic E-state index is 0.250. The number of carbonyl (C=O) groups is 1. The van der Waals surface area contributed by atoms with Crippen LogP contribution in [0.5, 0.6) is 0 Å². The second-order valence-corrected chi connectivity index (χ2v) is 6.17. The third kappa shape index (κ3) is 6.70. The van der Waals surface area contributed by atoms with Crippen molar-refractivity contribution in [3.8, 4) is 0 Å². The minimum Gasteiger partial charge on any atom is -0.426 e. The van der Waals surface area contributed by atoms with E-state index in [0.29, 0.717) is 12.8 Å². The SMILES string of the molecule is COB(O)[C@H](CC(C)C)NC(=O)[C@@H](O)[C@H](N)Cc1ccccc1. The van der Waals surface area contributed by atoms with Crippen LogP contribution in [0.15, 0.2) is 30.3 Å². The molecule has 0 saturated carbocycles. The van der Waals surface area contributed by atoms with Crippen molar-refractivity contribution in [1.29, 1.82) is 0 Å². The standard InChI is InChI=1S/C16H27BN2O4/c1-11(2)9-14(17(22)23-3)19-16(21)15(20)13(18)10-12-7-5-4-6-8-12/h4-8,11,13-15,20,22H,9-10,18H2,1-3H3,(H,19,21)/t13-,14+,15+/m1/s1. The number of amides is 1. The molecule has 23 heavy (non-hydrogen) atoms. The maximum atomic E-state index is 12.2. The Labute approximate surface area is 138 Å². The average Bonchev–Trinajstić information content (AvgIpc) is 2.53. The highest BCUT2D eigenvalue weighted by atomic mass is 16.5. The van der Waals surface area contributed by atoms with E-state index < -0.39 is 31.1 Å². The van der Waals surface area contributed by atoms with Crippen LogP contribution in [0.2, 0.25) is 0 Å². The summed E-state index contributed by atoms with van der Waals surface area (Å²) in [5.41, 5.74) is 6.88. The lowest BCUT2D eigenvalue weighted by Crippen LogP contribution is -2.55. The molecule has 1 rings (SSSR count). The predicted octanol–water partition coefficient (Wildman–Crippen LogP) is 0.114. The highest BCUT2D eigenvalue weighted by Crippen LogP contribution is 2.09. The molecule has 7 heteroatoms. The maximum Gasteiger partial charge on any atom is 0.477 e. The highest BCUT2D eigenvalue weighted by molar-refractivity contribution is 6.45. The van der Waals surface area contributed by atoms with E-state index >= 15 is 0 Å². The Bertz CT molecular complexity index is 472. The van der Waals surface area contributed by atoms with Crippen LogP contribution in [0.25, 0.3) is 0 Å². The van der Waals surface area contributed by atoms with Gasteiger partial charge in [-0.2, -0.15) is 0 Å². The monoisotopic (exact) mass is 322 g/mol. The van der Waals surface area contributed by atoms with Gasteiger partial charge in [0, 0.05) is 13.2 Å². The van der Waals surface area contributed by atoms with Crippen molar-refractivity contribution >= 4 is 13.0 Å². The van der Waals surface area contributed by atoms with Crippen LogP contribution in [0.4, 0.5) is 0 Å². The number of benzene rings is 1. The van der Waals surface area contributed by atoms with E-state index in [1.807, 2.05) is 44.2 Å². The van der Waals surface area contributed by atoms with Gasteiger partial charge in [0.05, 0.1) is 5.94 Å². The van der Waals surface area contributed by atoms with E-state index in [4.69, 9.17) is 10.4 Å². The van der Waals surface area contributed by atoms with Crippen LogP contribution in [0.1, 0.15) is 25.8 Å². The van der Waals surface area contributed by atoms with Crippen LogP contribution in [-0.4, -0.2) is 48.4 Å². The lowest BCUT2D eigenvalue weighted by atomic mass is 9.74. The van der Waals surface area contributed by atoms with Gasteiger partial charge >= 0.3 is 7.12 Å². The van der Waals surface area contributed by atoms with Gasteiger partial charge in [-0.3, -0.25) is 4.79 Å². The molecule has 6 nitrogen and oxygen atoms in total. The molecular formula is C16H27BN2O4. The van der Waals surface area contributed by atoms with Crippen LogP contribution in [0, 0.1) is 5.92 Å². The summed E-state index contributed by atoms with van der Waals surface area (Å²) < 4.78 is 4.88. The Morgan fingerprint density at radius 2 is 1.96 bits per heavy atom. The molecule has 3 atom stereocenters. The molecular weight excluding hydrogens is 295 g/mol. The number of carbonyl (C=O) groups excluding carboxylic acids is 1. The van der Waals surface area contributed by atoms with Crippen molar-refractivity contribution in [3.05, 3.63) is 35.9 Å². The molecule has 0 aliphatic heterocycles. The lowest BCUT2D eigenvalue weighted by molar-refractivity contribution is -0.130. The molecule has 128 valence electrons. The second kappa shape index (κ2) is 9.67. The molecule has 0 aromatic heterocycles. The smallest absolute Gasteiger partial charge is 0.426 e. The normalized spacial score (nSPS) is 15.1. The molecule has 1 amide bonds. The molecule has 1 aromatic rings. The summed E-state index contributed by atoms with van der Waals surface area (Å²) in [6.07, 6.45) is -0.438. The quantitative estimate of drug-likeness (QED) is 0.483. The Hall–Kier alpha value is -1.41. The molecule has 1 aromatic carbocycles. The van der Waals surface area contributed by atoms with E-state index in [1.54, 1.807) is 0 Å². The molecule has 0 fully saturated rings. The van der Waals surface area contributed by atoms with E-state index in [0.717, 1.165) is 5.56 Å². The summed E-state index contributed by atoms with van der Waals surface area (Å²) in [6, 6.07) is 8.70. The van der Waals surface area contributed by atoms with Crippen molar-refractivity contribution in [1.82, 2.24) is 5.32 Å². The minimum atomic E-state index is -1.35. The van der Waals surface area contributed by atoms with Crippen molar-refractivity contribution < 1.29 is 19.6 Å². The first-order valence-electron chi connectivity index (χ1n) is 7.84. The van der Waals surface area contributed by atoms with Crippen molar-refractivity contribution in [3.63, 3.8) is 0 Å². The Balaban J connectivity index is 2.62. The fourth-order valence-electron chi connectivity index (χ4n) is 2.38. The predicted molar refractivity (Wildman–Crippen MR) is 90.5 cm³/mol. The first-order chi connectivity index (χ1) is 10.8. The molecule has 0 bridgehead atoms. The van der Waals surface area contributed by atoms with Gasteiger partial charge in [-0.15, -0.1) is 0 Å². The summed E-state index contributed by atoms with van der Waals surface area (Å²) >= 11 is 0. The van der Waals surface area contributed by atoms with Gasteiger partial charge in [-0.05, 0) is 24.3 Å². The number of nitrogens with two attached hydrogens (primary N) is 1. The molecule has 0 aliphatic rings. The van der Waals surface area contributed by atoms with Gasteiger partial charge < -0.3 is 25.8 Å². The molecule has 0 radical (unpaired) electrons. The fourth-order valence-corrected chi connectivity index (χ4v) is 2.38. The van der Waals surface area contributed by atoms with E-state index in [9.17, 15) is 14.9 Å². The van der Waals surface area contributed by atoms with Gasteiger partial charge in [0.15, 0.2) is 0 Å². The Morgan fingerprint density at radius 3 is 2.48 bits per heavy atom. The van der Waals surface area contributed by atoms with Gasteiger partial charge in [0.25, 0.3) is 0 Å². The lowest BCUT2D eigenvalue weighted by Gasteiger charge is -2.25. The number of rotatable bonds is 9. The third-order valence-electron chi connectivity index (χ3n) is 3.63. The zero-order valence-corrected chi connectivity index (χ0v) is 14.0. The maximum absolute atomic E-state index is 12.2. The number of aliphatic hydroxyl groups is 1. The molecule has 0 spiro atoms. The molecule has 5 N–H and O–H groups in total. The third-order valence-corrected chi connectivity index (χ3v) is 3.63. The van der Waals surface area contributed by atoms with E-state index in [1.165, 1.54) is 7.11 Å². The fraction of sp³-hybridized carbons (Fsp3) is 0.562. The molecule has 0 aliphatic carbocycles. The number of aliphatic hydroxyl groups excluding tert-OH is 1. The summed E-state index contributed by atoms with van der Waals surface area (Å²) in [4.78, 5) is 12.2. The topological polar surface area (TPSA) is 105 Å². The number of nitrogens with one attached hydrogen (secondary N) is 1. The first-order valence-corrected chi connectivity index (χ1v) is 7.84. The Kier molecular flexibility index (Phi) is 8.26. The molecule has 0 saturated heterocycles. The number of hydrogen-bond acceptors (Lipinski definition) is 5. The van der Waals surface area contributed by atoms with Crippen LogP contribution in [0.3, 0.4) is 0 Å². The number of hydrogen-bond donors (Lipinski definition) is 4.